The van der Waals surface area contributed by atoms with E-state index in [0.29, 0.717) is 0 Å². The van der Waals surface area contributed by atoms with Crippen LogP contribution in [-0.2, 0) is 14.3 Å². The lowest BCUT2D eigenvalue weighted by molar-refractivity contribution is -0.163. The van der Waals surface area contributed by atoms with Gasteiger partial charge in [0.05, 0.1) is 6.61 Å². The number of ether oxygens (including phenoxy) is 1. The van der Waals surface area contributed by atoms with Crippen molar-refractivity contribution in [3.8, 4) is 0 Å². The molecule has 0 aromatic heterocycles. The summed E-state index contributed by atoms with van der Waals surface area (Å²) in [4.78, 5) is 21.5. The van der Waals surface area contributed by atoms with Gasteiger partial charge in [0.25, 0.3) is 6.43 Å². The summed E-state index contributed by atoms with van der Waals surface area (Å²) in [6.07, 6.45) is -2.82. The Balaban J connectivity index is 2.53. The van der Waals surface area contributed by atoms with Crippen molar-refractivity contribution >= 4 is 11.9 Å². The van der Waals surface area contributed by atoms with Gasteiger partial charge in [-0.2, -0.15) is 0 Å². The topological polar surface area (TPSA) is 55.4 Å². The summed E-state index contributed by atoms with van der Waals surface area (Å²) < 4.78 is 28.7. The van der Waals surface area contributed by atoms with Crippen molar-refractivity contribution in [2.24, 2.45) is 5.92 Å². The van der Waals surface area contributed by atoms with Crippen LogP contribution >= 0.6 is 0 Å². The Morgan fingerprint density at radius 3 is 2.69 bits per heavy atom. The first-order valence-electron chi connectivity index (χ1n) is 3.83. The van der Waals surface area contributed by atoms with Crippen LogP contribution in [0.5, 0.6) is 0 Å². The van der Waals surface area contributed by atoms with Crippen LogP contribution in [0.3, 0.4) is 0 Å². The molecule has 0 radical (unpaired) electrons. The van der Waals surface area contributed by atoms with Gasteiger partial charge in [0.2, 0.25) is 5.91 Å². The molecule has 1 amide bonds. The van der Waals surface area contributed by atoms with E-state index in [1.165, 1.54) is 0 Å². The van der Waals surface area contributed by atoms with Crippen LogP contribution in [0.15, 0.2) is 0 Å². The lowest BCUT2D eigenvalue weighted by Gasteiger charge is -2.33. The van der Waals surface area contributed by atoms with Gasteiger partial charge in [-0.3, -0.25) is 4.79 Å². The minimum Gasteiger partial charge on any atom is -0.464 e. The van der Waals surface area contributed by atoms with E-state index in [2.05, 4.69) is 10.1 Å². The zero-order valence-electron chi connectivity index (χ0n) is 6.92. The first-order valence-corrected chi connectivity index (χ1v) is 3.83. The molecule has 1 saturated heterocycles. The van der Waals surface area contributed by atoms with Gasteiger partial charge in [-0.05, 0) is 6.92 Å². The second-order valence-corrected chi connectivity index (χ2v) is 2.60. The molecule has 1 rings (SSSR count). The largest absolute Gasteiger partial charge is 0.464 e. The highest BCUT2D eigenvalue weighted by Gasteiger charge is 2.50. The summed E-state index contributed by atoms with van der Waals surface area (Å²) in [6, 6.07) is -1.17. The van der Waals surface area contributed by atoms with Crippen molar-refractivity contribution in [1.29, 1.82) is 0 Å². The number of hydrogen-bond donors (Lipinski definition) is 1. The molecule has 0 aliphatic carbocycles. The Morgan fingerprint density at radius 1 is 1.69 bits per heavy atom. The Morgan fingerprint density at radius 2 is 2.31 bits per heavy atom. The van der Waals surface area contributed by atoms with Crippen LogP contribution in [0, 0.1) is 5.92 Å². The molecule has 0 aromatic carbocycles. The third kappa shape index (κ3) is 1.76. The smallest absolute Gasteiger partial charge is 0.329 e. The molecular formula is C7H9F2NO3. The third-order valence-corrected chi connectivity index (χ3v) is 1.77. The average Bonchev–Trinajstić information content (AvgIpc) is 1.98. The monoisotopic (exact) mass is 193 g/mol. The van der Waals surface area contributed by atoms with E-state index in [1.54, 1.807) is 6.92 Å². The van der Waals surface area contributed by atoms with Crippen molar-refractivity contribution in [2.45, 2.75) is 19.4 Å². The zero-order valence-corrected chi connectivity index (χ0v) is 6.92. The van der Waals surface area contributed by atoms with E-state index in [0.717, 1.165) is 0 Å². The molecule has 4 nitrogen and oxygen atoms in total. The number of carbonyl (C=O) groups excluding carboxylic acids is 2. The quantitative estimate of drug-likeness (QED) is 0.504. The number of amides is 1. The van der Waals surface area contributed by atoms with Gasteiger partial charge < -0.3 is 10.1 Å². The Kier molecular flexibility index (Phi) is 2.79. The van der Waals surface area contributed by atoms with E-state index in [-0.39, 0.29) is 6.61 Å². The van der Waals surface area contributed by atoms with Crippen molar-refractivity contribution in [1.82, 2.24) is 5.32 Å². The summed E-state index contributed by atoms with van der Waals surface area (Å²) in [5.41, 5.74) is 0. The number of carbonyl (C=O) groups is 2. The van der Waals surface area contributed by atoms with Crippen molar-refractivity contribution < 1.29 is 23.1 Å². The van der Waals surface area contributed by atoms with Crippen LogP contribution in [0.1, 0.15) is 6.92 Å². The van der Waals surface area contributed by atoms with E-state index >= 15 is 0 Å². The highest BCUT2D eigenvalue weighted by Crippen LogP contribution is 2.23. The second-order valence-electron chi connectivity index (χ2n) is 2.60. The van der Waals surface area contributed by atoms with Gasteiger partial charge >= 0.3 is 5.97 Å². The number of alkyl halides is 2. The fourth-order valence-corrected chi connectivity index (χ4v) is 1.09. The van der Waals surface area contributed by atoms with Crippen molar-refractivity contribution in [3.63, 3.8) is 0 Å². The molecule has 0 bridgehead atoms. The molecule has 1 aliphatic rings. The molecule has 1 heterocycles. The first-order chi connectivity index (χ1) is 6.07. The molecule has 0 spiro atoms. The number of rotatable bonds is 3. The number of hydrogen-bond acceptors (Lipinski definition) is 3. The van der Waals surface area contributed by atoms with E-state index in [4.69, 9.17) is 0 Å². The van der Waals surface area contributed by atoms with Gasteiger partial charge in [-0.15, -0.1) is 0 Å². The predicted molar refractivity (Wildman–Crippen MR) is 38.1 cm³/mol. The second kappa shape index (κ2) is 3.68. The predicted octanol–water partition coefficient (Wildman–Crippen LogP) is -0.0708. The standard InChI is InChI=1S/C7H9F2NO3/c1-2-13-7(12)4-3(5(8)9)6(11)10-4/h3-5H,2H2,1H3,(H,10,11). The first kappa shape index (κ1) is 9.88. The molecule has 74 valence electrons. The number of esters is 1. The molecule has 0 aromatic rings. The summed E-state index contributed by atoms with van der Waals surface area (Å²) in [5.74, 6) is -3.14. The molecular weight excluding hydrogens is 184 g/mol. The normalized spacial score (nSPS) is 26.6. The number of β-lactam (4-membered cyclic amide) rings is 1. The summed E-state index contributed by atoms with van der Waals surface area (Å²) in [5, 5.41) is 2.07. The molecule has 6 heteroatoms. The molecule has 1 fully saturated rings. The fourth-order valence-electron chi connectivity index (χ4n) is 1.09. The maximum Gasteiger partial charge on any atom is 0.329 e. The van der Waals surface area contributed by atoms with Gasteiger partial charge in [0, 0.05) is 0 Å². The summed E-state index contributed by atoms with van der Waals surface area (Å²) in [6.45, 7) is 1.68. The Labute approximate surface area is 73.2 Å². The molecule has 1 N–H and O–H groups in total. The van der Waals surface area contributed by atoms with Crippen LogP contribution in [0.4, 0.5) is 8.78 Å². The zero-order chi connectivity index (χ0) is 10.0. The molecule has 13 heavy (non-hydrogen) atoms. The SMILES string of the molecule is CCOC(=O)C1NC(=O)C1C(F)F. The average molecular weight is 193 g/mol. The van der Waals surface area contributed by atoms with Crippen LogP contribution in [0.25, 0.3) is 0 Å². The Hall–Kier alpha value is -1.20. The van der Waals surface area contributed by atoms with Crippen LogP contribution < -0.4 is 5.32 Å². The maximum atomic E-state index is 12.1. The van der Waals surface area contributed by atoms with Gasteiger partial charge in [0.1, 0.15) is 12.0 Å². The third-order valence-electron chi connectivity index (χ3n) is 1.77. The van der Waals surface area contributed by atoms with Gasteiger partial charge in [-0.1, -0.05) is 0 Å². The lowest BCUT2D eigenvalue weighted by atomic mass is 9.91. The molecule has 1 aliphatic heterocycles. The Bertz CT molecular complexity index is 232. The number of halogens is 2. The van der Waals surface area contributed by atoms with Crippen LogP contribution in [0.2, 0.25) is 0 Å². The van der Waals surface area contributed by atoms with Gasteiger partial charge in [-0.25, -0.2) is 13.6 Å². The summed E-state index contributed by atoms with van der Waals surface area (Å²) in [7, 11) is 0. The van der Waals surface area contributed by atoms with Crippen molar-refractivity contribution in [3.05, 3.63) is 0 Å². The fraction of sp³-hybridized carbons (Fsp3) is 0.714. The highest BCUT2D eigenvalue weighted by atomic mass is 19.3. The maximum absolute atomic E-state index is 12.1. The van der Waals surface area contributed by atoms with Crippen LogP contribution in [-0.4, -0.2) is 31.0 Å². The minimum absolute atomic E-state index is 0.112. The van der Waals surface area contributed by atoms with E-state index in [9.17, 15) is 18.4 Å². The van der Waals surface area contributed by atoms with Crippen molar-refractivity contribution in [2.75, 3.05) is 6.61 Å². The highest BCUT2D eigenvalue weighted by molar-refractivity contribution is 5.97. The minimum atomic E-state index is -2.82. The summed E-state index contributed by atoms with van der Waals surface area (Å²) >= 11 is 0. The van der Waals surface area contributed by atoms with Gasteiger partial charge in [0.15, 0.2) is 0 Å². The molecule has 2 unspecified atom stereocenters. The van der Waals surface area contributed by atoms with E-state index in [1.807, 2.05) is 0 Å². The molecule has 2 atom stereocenters. The van der Waals surface area contributed by atoms with E-state index < -0.39 is 30.3 Å². The molecule has 0 saturated carbocycles. The number of nitrogens with one attached hydrogen (secondary N) is 1. The lowest BCUT2D eigenvalue weighted by Crippen LogP contribution is -2.64.